The van der Waals surface area contributed by atoms with E-state index in [1.165, 1.54) is 15.4 Å². The van der Waals surface area contributed by atoms with Crippen molar-refractivity contribution in [1.29, 1.82) is 0 Å². The second-order valence-corrected chi connectivity index (χ2v) is 6.00. The van der Waals surface area contributed by atoms with Crippen LogP contribution in [0.15, 0.2) is 69.4 Å². The predicted octanol–water partition coefficient (Wildman–Crippen LogP) is 3.28. The summed E-state index contributed by atoms with van der Waals surface area (Å²) < 4.78 is 0. The largest absolute Gasteiger partial charge is 0.356 e. The first-order chi connectivity index (χ1) is 10.4. The third-order valence-electron chi connectivity index (χ3n) is 3.29. The number of nitrogens with zero attached hydrogens (tertiary/aromatic N) is 1. The summed E-state index contributed by atoms with van der Waals surface area (Å²) in [7, 11) is 0. The minimum Gasteiger partial charge on any atom is -0.356 e. The number of aliphatic imine (C=N–C) groups is 1. The molecule has 0 bridgehead atoms. The molecule has 0 atom stereocenters. The van der Waals surface area contributed by atoms with Gasteiger partial charge in [0, 0.05) is 29.4 Å². The summed E-state index contributed by atoms with van der Waals surface area (Å²) in [5.41, 5.74) is 1.29. The molecule has 1 heterocycles. The van der Waals surface area contributed by atoms with Crippen molar-refractivity contribution >= 4 is 17.7 Å². The highest BCUT2D eigenvalue weighted by atomic mass is 32.2. The number of guanidine groups is 1. The molecule has 0 saturated heterocycles. The number of benzene rings is 2. The Morgan fingerprint density at radius 2 is 1.86 bits per heavy atom. The van der Waals surface area contributed by atoms with E-state index in [4.69, 9.17) is 0 Å². The lowest BCUT2D eigenvalue weighted by Gasteiger charge is -2.17. The van der Waals surface area contributed by atoms with Crippen molar-refractivity contribution in [2.24, 2.45) is 4.99 Å². The summed E-state index contributed by atoms with van der Waals surface area (Å²) >= 11 is 1.80. The summed E-state index contributed by atoms with van der Waals surface area (Å²) in [6.45, 7) is 2.71. The highest BCUT2D eigenvalue weighted by Crippen LogP contribution is 2.30. The third kappa shape index (κ3) is 4.02. The standard InChI is InChI=1S/C17H19N3S/c1-2-8-15(9-3-1)21-16-10-5-4-7-14(16)13-20-17-18-11-6-12-19-17/h1-5,7-10H,6,11-13H2,(H2,18,19,20). The molecule has 3 nitrogen and oxygen atoms in total. The SMILES string of the molecule is c1ccc(Sc2ccccc2CNC2=NCCCN2)cc1. The Bertz CT molecular complexity index is 610. The maximum atomic E-state index is 4.45. The number of hydrogen-bond acceptors (Lipinski definition) is 4. The smallest absolute Gasteiger partial charge is 0.191 e. The molecular formula is C17H19N3S. The van der Waals surface area contributed by atoms with Crippen molar-refractivity contribution in [3.63, 3.8) is 0 Å². The number of hydrogen-bond donors (Lipinski definition) is 2. The van der Waals surface area contributed by atoms with E-state index >= 15 is 0 Å². The van der Waals surface area contributed by atoms with Gasteiger partial charge in [-0.05, 0) is 30.2 Å². The lowest BCUT2D eigenvalue weighted by Crippen LogP contribution is -2.40. The fourth-order valence-electron chi connectivity index (χ4n) is 2.19. The predicted molar refractivity (Wildman–Crippen MR) is 88.8 cm³/mol. The van der Waals surface area contributed by atoms with Gasteiger partial charge in [-0.15, -0.1) is 0 Å². The Kier molecular flexibility index (Phi) is 4.79. The first-order valence-corrected chi connectivity index (χ1v) is 8.06. The average molecular weight is 297 g/mol. The van der Waals surface area contributed by atoms with E-state index in [0.29, 0.717) is 0 Å². The van der Waals surface area contributed by atoms with Crippen molar-refractivity contribution in [2.75, 3.05) is 13.1 Å². The highest BCUT2D eigenvalue weighted by molar-refractivity contribution is 7.99. The molecule has 0 aliphatic carbocycles. The molecule has 2 N–H and O–H groups in total. The van der Waals surface area contributed by atoms with Crippen LogP contribution in [0.3, 0.4) is 0 Å². The molecule has 2 aromatic carbocycles. The molecular weight excluding hydrogens is 278 g/mol. The molecule has 0 amide bonds. The zero-order valence-corrected chi connectivity index (χ0v) is 12.7. The number of nitrogens with one attached hydrogen (secondary N) is 2. The van der Waals surface area contributed by atoms with Gasteiger partial charge in [-0.2, -0.15) is 0 Å². The molecule has 21 heavy (non-hydrogen) atoms. The van der Waals surface area contributed by atoms with Crippen LogP contribution in [-0.4, -0.2) is 19.0 Å². The van der Waals surface area contributed by atoms with Gasteiger partial charge in [0.15, 0.2) is 5.96 Å². The minimum absolute atomic E-state index is 0.793. The molecule has 0 spiro atoms. The first kappa shape index (κ1) is 14.0. The third-order valence-corrected chi connectivity index (χ3v) is 4.41. The normalized spacial score (nSPS) is 14.2. The Morgan fingerprint density at radius 1 is 1.05 bits per heavy atom. The van der Waals surface area contributed by atoms with Crippen LogP contribution in [0.1, 0.15) is 12.0 Å². The van der Waals surface area contributed by atoms with E-state index < -0.39 is 0 Å². The average Bonchev–Trinajstić information content (AvgIpc) is 2.56. The Morgan fingerprint density at radius 3 is 2.67 bits per heavy atom. The minimum atomic E-state index is 0.793. The second kappa shape index (κ2) is 7.18. The van der Waals surface area contributed by atoms with Crippen molar-refractivity contribution in [2.45, 2.75) is 22.8 Å². The molecule has 0 saturated carbocycles. The van der Waals surface area contributed by atoms with Gasteiger partial charge in [-0.1, -0.05) is 48.2 Å². The van der Waals surface area contributed by atoms with Gasteiger partial charge in [0.2, 0.25) is 0 Å². The van der Waals surface area contributed by atoms with Crippen LogP contribution < -0.4 is 10.6 Å². The van der Waals surface area contributed by atoms with E-state index in [2.05, 4.69) is 64.2 Å². The maximum Gasteiger partial charge on any atom is 0.191 e. The van der Waals surface area contributed by atoms with E-state index in [1.807, 2.05) is 6.07 Å². The van der Waals surface area contributed by atoms with Crippen LogP contribution >= 0.6 is 11.8 Å². The van der Waals surface area contributed by atoms with Crippen LogP contribution in [0.2, 0.25) is 0 Å². The van der Waals surface area contributed by atoms with E-state index in [1.54, 1.807) is 11.8 Å². The van der Waals surface area contributed by atoms with Crippen LogP contribution in [0.5, 0.6) is 0 Å². The zero-order chi connectivity index (χ0) is 14.3. The summed E-state index contributed by atoms with van der Waals surface area (Å²) in [4.78, 5) is 6.99. The second-order valence-electron chi connectivity index (χ2n) is 4.89. The Hall–Kier alpha value is -1.94. The fraction of sp³-hybridized carbons (Fsp3) is 0.235. The molecule has 1 aliphatic heterocycles. The molecule has 2 aromatic rings. The molecule has 0 unspecified atom stereocenters. The van der Waals surface area contributed by atoms with Gasteiger partial charge in [-0.3, -0.25) is 4.99 Å². The molecule has 3 rings (SSSR count). The molecule has 0 radical (unpaired) electrons. The van der Waals surface area contributed by atoms with Crippen molar-refractivity contribution in [3.05, 3.63) is 60.2 Å². The molecule has 1 aliphatic rings. The van der Waals surface area contributed by atoms with Gasteiger partial charge in [-0.25, -0.2) is 0 Å². The summed E-state index contributed by atoms with van der Waals surface area (Å²) in [5, 5.41) is 6.68. The quantitative estimate of drug-likeness (QED) is 0.909. The lowest BCUT2D eigenvalue weighted by molar-refractivity contribution is 0.700. The van der Waals surface area contributed by atoms with Crippen LogP contribution in [0, 0.1) is 0 Å². The van der Waals surface area contributed by atoms with Crippen molar-refractivity contribution in [1.82, 2.24) is 10.6 Å². The van der Waals surface area contributed by atoms with Crippen molar-refractivity contribution in [3.8, 4) is 0 Å². The highest BCUT2D eigenvalue weighted by Gasteiger charge is 2.06. The van der Waals surface area contributed by atoms with E-state index in [9.17, 15) is 0 Å². The van der Waals surface area contributed by atoms with Crippen LogP contribution in [0.4, 0.5) is 0 Å². The van der Waals surface area contributed by atoms with Gasteiger partial charge in [0.05, 0.1) is 0 Å². The summed E-state index contributed by atoms with van der Waals surface area (Å²) in [5.74, 6) is 0.917. The summed E-state index contributed by atoms with van der Waals surface area (Å²) in [6.07, 6.45) is 1.12. The van der Waals surface area contributed by atoms with Gasteiger partial charge in [0.25, 0.3) is 0 Å². The lowest BCUT2D eigenvalue weighted by atomic mass is 10.2. The van der Waals surface area contributed by atoms with Crippen molar-refractivity contribution < 1.29 is 0 Å². The topological polar surface area (TPSA) is 36.4 Å². The summed E-state index contributed by atoms with van der Waals surface area (Å²) in [6, 6.07) is 19.0. The first-order valence-electron chi connectivity index (χ1n) is 7.25. The van der Waals surface area contributed by atoms with Gasteiger partial charge in [0.1, 0.15) is 0 Å². The Balaban J connectivity index is 1.69. The van der Waals surface area contributed by atoms with Crippen LogP contribution in [-0.2, 0) is 6.54 Å². The van der Waals surface area contributed by atoms with E-state index in [0.717, 1.165) is 32.0 Å². The monoisotopic (exact) mass is 297 g/mol. The zero-order valence-electron chi connectivity index (χ0n) is 11.9. The maximum absolute atomic E-state index is 4.45. The molecule has 0 fully saturated rings. The molecule has 108 valence electrons. The molecule has 4 heteroatoms. The van der Waals surface area contributed by atoms with Gasteiger partial charge >= 0.3 is 0 Å². The van der Waals surface area contributed by atoms with Gasteiger partial charge < -0.3 is 10.6 Å². The van der Waals surface area contributed by atoms with E-state index in [-0.39, 0.29) is 0 Å². The fourth-order valence-corrected chi connectivity index (χ4v) is 3.16. The Labute approximate surface area is 129 Å². The van der Waals surface area contributed by atoms with Crippen LogP contribution in [0.25, 0.3) is 0 Å². The number of rotatable bonds is 4. The molecule has 0 aromatic heterocycles.